The van der Waals surface area contributed by atoms with Crippen molar-refractivity contribution < 1.29 is 14.6 Å². The Labute approximate surface area is 215 Å². The van der Waals surface area contributed by atoms with Gasteiger partial charge in [-0.2, -0.15) is 4.98 Å². The molecule has 0 fully saturated rings. The number of nitrogen functional groups attached to an aromatic ring is 1. The second-order valence-electron chi connectivity index (χ2n) is 10.2. The zero-order valence-electron chi connectivity index (χ0n) is 21.5. The van der Waals surface area contributed by atoms with E-state index in [-0.39, 0.29) is 60.1 Å². The third-order valence-corrected chi connectivity index (χ3v) is 6.38. The van der Waals surface area contributed by atoms with Crippen molar-refractivity contribution in [3.63, 3.8) is 0 Å². The minimum absolute atomic E-state index is 0.0464. The number of aromatic nitrogens is 4. The first-order valence-electron chi connectivity index (χ1n) is 12.0. The van der Waals surface area contributed by atoms with E-state index in [0.29, 0.717) is 30.0 Å². The van der Waals surface area contributed by atoms with Gasteiger partial charge >= 0.3 is 0 Å². The smallest absolute Gasteiger partial charge is 0.283 e. The van der Waals surface area contributed by atoms with Crippen LogP contribution in [0.25, 0.3) is 11.2 Å². The number of aliphatic hydroxyl groups excluding tert-OH is 1. The number of nitrogens with two attached hydrogens (primary N) is 1. The van der Waals surface area contributed by atoms with Crippen LogP contribution in [0.3, 0.4) is 0 Å². The summed E-state index contributed by atoms with van der Waals surface area (Å²) in [5.74, 6) is -0.0490. The molecule has 0 unspecified atom stereocenters. The Morgan fingerprint density at radius 1 is 1.17 bits per heavy atom. The van der Waals surface area contributed by atoms with Crippen LogP contribution in [-0.2, 0) is 22.6 Å². The average molecular weight is 559 g/mol. The molecule has 35 heavy (non-hydrogen) atoms. The number of hydrogen-bond donors (Lipinski definition) is 4. The van der Waals surface area contributed by atoms with Crippen molar-refractivity contribution in [2.75, 3.05) is 39.1 Å². The SMILES string of the molecule is CNCCCC(C)(C)OCC(C)(C)CNC(=O)CCCn1c(N)nc2c(nc(Br)n2CCO)c1=O. The molecule has 0 saturated carbocycles. The molecule has 0 atom stereocenters. The van der Waals surface area contributed by atoms with Gasteiger partial charge in [0.15, 0.2) is 15.9 Å². The summed E-state index contributed by atoms with van der Waals surface area (Å²) in [6.45, 7) is 10.7. The number of rotatable bonds is 15. The van der Waals surface area contributed by atoms with Crippen LogP contribution in [-0.4, -0.2) is 69.1 Å². The Kier molecular flexibility index (Phi) is 10.7. The number of imidazole rings is 1. The molecule has 12 heteroatoms. The van der Waals surface area contributed by atoms with Crippen LogP contribution < -0.4 is 21.9 Å². The lowest BCUT2D eigenvalue weighted by molar-refractivity contribution is -0.122. The Balaban J connectivity index is 1.86. The van der Waals surface area contributed by atoms with Gasteiger partial charge in [-0.3, -0.25) is 14.2 Å². The van der Waals surface area contributed by atoms with Crippen LogP contribution in [0.15, 0.2) is 9.53 Å². The van der Waals surface area contributed by atoms with E-state index in [1.807, 2.05) is 7.05 Å². The molecule has 0 bridgehead atoms. The molecule has 0 saturated heterocycles. The molecule has 2 aromatic heterocycles. The van der Waals surface area contributed by atoms with E-state index in [4.69, 9.17) is 10.5 Å². The molecule has 0 spiro atoms. The number of hydrogen-bond acceptors (Lipinski definition) is 8. The van der Waals surface area contributed by atoms with E-state index in [1.165, 1.54) is 4.57 Å². The Morgan fingerprint density at radius 3 is 2.54 bits per heavy atom. The van der Waals surface area contributed by atoms with Gasteiger partial charge in [0.25, 0.3) is 5.56 Å². The van der Waals surface area contributed by atoms with Gasteiger partial charge in [-0.25, -0.2) is 4.98 Å². The molecule has 2 heterocycles. The predicted molar refractivity (Wildman–Crippen MR) is 140 cm³/mol. The maximum absolute atomic E-state index is 12.9. The normalized spacial score (nSPS) is 12.4. The number of aliphatic hydroxyl groups is 1. The van der Waals surface area contributed by atoms with Crippen molar-refractivity contribution in [2.24, 2.45) is 5.41 Å². The maximum atomic E-state index is 12.9. The number of ether oxygens (including phenoxy) is 1. The van der Waals surface area contributed by atoms with E-state index in [9.17, 15) is 14.7 Å². The van der Waals surface area contributed by atoms with Gasteiger partial charge in [-0.1, -0.05) is 13.8 Å². The average Bonchev–Trinajstić information content (AvgIpc) is 3.09. The highest BCUT2D eigenvalue weighted by Gasteiger charge is 2.25. The monoisotopic (exact) mass is 557 g/mol. The topological polar surface area (TPSA) is 149 Å². The first-order chi connectivity index (χ1) is 16.4. The standard InChI is InChI=1S/C23H40BrN7O4/c1-22(2,15-35-23(3,4)9-7-10-26-5)14-27-16(33)8-6-11-31-19(34)17-18(29-21(31)25)30(12-13-32)20(24)28-17/h26,32H,6-15H2,1-5H3,(H2,25,29)(H,27,33). The summed E-state index contributed by atoms with van der Waals surface area (Å²) in [5.41, 5.74) is 5.69. The molecule has 5 N–H and O–H groups in total. The van der Waals surface area contributed by atoms with Gasteiger partial charge in [0.2, 0.25) is 11.9 Å². The summed E-state index contributed by atoms with van der Waals surface area (Å²) in [7, 11) is 1.94. The lowest BCUT2D eigenvalue weighted by atomic mass is 9.93. The third-order valence-electron chi connectivity index (χ3n) is 5.77. The van der Waals surface area contributed by atoms with E-state index in [2.05, 4.69) is 64.2 Å². The number of nitrogens with one attached hydrogen (secondary N) is 2. The van der Waals surface area contributed by atoms with Crippen molar-refractivity contribution in [1.29, 1.82) is 0 Å². The van der Waals surface area contributed by atoms with E-state index in [1.54, 1.807) is 4.57 Å². The molecule has 0 aromatic carbocycles. The number of carbonyl (C=O) groups excluding carboxylic acids is 1. The Hall–Kier alpha value is -2.02. The van der Waals surface area contributed by atoms with Crippen molar-refractivity contribution in [3.8, 4) is 0 Å². The number of carbonyl (C=O) groups is 1. The predicted octanol–water partition coefficient (Wildman–Crippen LogP) is 1.65. The molecule has 2 aromatic rings. The highest BCUT2D eigenvalue weighted by Crippen LogP contribution is 2.22. The summed E-state index contributed by atoms with van der Waals surface area (Å²) >= 11 is 3.28. The van der Waals surface area contributed by atoms with Crippen LogP contribution in [0, 0.1) is 5.41 Å². The molecule has 0 aliphatic heterocycles. The Bertz CT molecular complexity index is 1050. The van der Waals surface area contributed by atoms with Crippen LogP contribution in [0.2, 0.25) is 0 Å². The van der Waals surface area contributed by atoms with E-state index in [0.717, 1.165) is 19.4 Å². The fourth-order valence-electron chi connectivity index (χ4n) is 3.62. The molecule has 0 aliphatic carbocycles. The molecular weight excluding hydrogens is 518 g/mol. The van der Waals surface area contributed by atoms with Gasteiger partial charge in [0.1, 0.15) is 0 Å². The van der Waals surface area contributed by atoms with Gasteiger partial charge in [-0.15, -0.1) is 0 Å². The fourth-order valence-corrected chi connectivity index (χ4v) is 4.14. The highest BCUT2D eigenvalue weighted by molar-refractivity contribution is 9.10. The van der Waals surface area contributed by atoms with Gasteiger partial charge in [0.05, 0.1) is 18.8 Å². The van der Waals surface area contributed by atoms with Crippen molar-refractivity contribution >= 4 is 38.9 Å². The zero-order chi connectivity index (χ0) is 26.2. The molecule has 2 rings (SSSR count). The summed E-state index contributed by atoms with van der Waals surface area (Å²) in [6, 6.07) is 0. The van der Waals surface area contributed by atoms with Crippen LogP contribution in [0.1, 0.15) is 53.4 Å². The molecule has 198 valence electrons. The second-order valence-corrected chi connectivity index (χ2v) is 10.9. The second kappa shape index (κ2) is 12.8. The summed E-state index contributed by atoms with van der Waals surface area (Å²) < 4.78 is 9.44. The van der Waals surface area contributed by atoms with Crippen molar-refractivity contribution in [2.45, 2.75) is 72.1 Å². The van der Waals surface area contributed by atoms with Gasteiger partial charge in [0, 0.05) is 31.5 Å². The number of anilines is 1. The first kappa shape index (κ1) is 29.2. The summed E-state index contributed by atoms with van der Waals surface area (Å²) in [5, 5.41) is 15.3. The minimum atomic E-state index is -0.374. The maximum Gasteiger partial charge on any atom is 0.283 e. The highest BCUT2D eigenvalue weighted by atomic mass is 79.9. The third kappa shape index (κ3) is 8.55. The number of fused-ring (bicyclic) bond motifs is 1. The van der Waals surface area contributed by atoms with Crippen LogP contribution in [0.4, 0.5) is 5.95 Å². The number of nitrogens with zero attached hydrogens (tertiary/aromatic N) is 4. The first-order valence-corrected chi connectivity index (χ1v) is 12.8. The number of amides is 1. The largest absolute Gasteiger partial charge is 0.395 e. The molecule has 1 amide bonds. The van der Waals surface area contributed by atoms with E-state index < -0.39 is 0 Å². The summed E-state index contributed by atoms with van der Waals surface area (Å²) in [6.07, 6.45) is 2.67. The van der Waals surface area contributed by atoms with Crippen molar-refractivity contribution in [3.05, 3.63) is 15.1 Å². The molecular formula is C23H40BrN7O4. The molecule has 0 radical (unpaired) electrons. The van der Waals surface area contributed by atoms with Crippen LogP contribution >= 0.6 is 15.9 Å². The van der Waals surface area contributed by atoms with E-state index >= 15 is 0 Å². The summed E-state index contributed by atoms with van der Waals surface area (Å²) in [4.78, 5) is 33.8. The van der Waals surface area contributed by atoms with Crippen molar-refractivity contribution in [1.82, 2.24) is 29.7 Å². The van der Waals surface area contributed by atoms with Gasteiger partial charge < -0.3 is 30.8 Å². The molecule has 11 nitrogen and oxygen atoms in total. The molecule has 0 aliphatic rings. The number of halogens is 1. The minimum Gasteiger partial charge on any atom is -0.395 e. The zero-order valence-corrected chi connectivity index (χ0v) is 23.1. The Morgan fingerprint density at radius 2 is 1.89 bits per heavy atom. The lowest BCUT2D eigenvalue weighted by Gasteiger charge is -2.32. The fraction of sp³-hybridized carbons (Fsp3) is 0.739. The van der Waals surface area contributed by atoms with Gasteiger partial charge in [-0.05, 0) is 62.6 Å². The lowest BCUT2D eigenvalue weighted by Crippen LogP contribution is -2.39. The van der Waals surface area contributed by atoms with Crippen LogP contribution in [0.5, 0.6) is 0 Å². The quantitative estimate of drug-likeness (QED) is 0.191.